The third-order valence-corrected chi connectivity index (χ3v) is 6.33. The van der Waals surface area contributed by atoms with Crippen LogP contribution in [0.2, 0.25) is 5.02 Å². The van der Waals surface area contributed by atoms with Crippen molar-refractivity contribution in [2.75, 3.05) is 31.6 Å². The Balaban J connectivity index is 1.33. The van der Waals surface area contributed by atoms with Gasteiger partial charge in [0.05, 0.1) is 17.8 Å². The van der Waals surface area contributed by atoms with Crippen molar-refractivity contribution >= 4 is 40.6 Å². The minimum absolute atomic E-state index is 0.0261. The number of aliphatic imine (C=N–C) groups is 1. The van der Waals surface area contributed by atoms with Crippen LogP contribution in [-0.4, -0.2) is 64.8 Å². The highest BCUT2D eigenvalue weighted by Gasteiger charge is 2.30. The van der Waals surface area contributed by atoms with Gasteiger partial charge >= 0.3 is 0 Å². The number of fused-ring (bicyclic) bond motifs is 1. The number of nitrogens with zero attached hydrogens (tertiary/aromatic N) is 6. The van der Waals surface area contributed by atoms with Crippen molar-refractivity contribution in [3.63, 3.8) is 0 Å². The van der Waals surface area contributed by atoms with Gasteiger partial charge in [0.1, 0.15) is 23.8 Å². The molecule has 2 atom stereocenters. The van der Waals surface area contributed by atoms with Crippen LogP contribution in [0.5, 0.6) is 5.75 Å². The van der Waals surface area contributed by atoms with Crippen molar-refractivity contribution in [1.29, 1.82) is 0 Å². The van der Waals surface area contributed by atoms with Crippen LogP contribution >= 0.6 is 11.6 Å². The number of carbonyl (C=O) groups is 1. The Morgan fingerprint density at radius 1 is 1.38 bits per heavy atom. The molecule has 0 radical (unpaired) electrons. The van der Waals surface area contributed by atoms with E-state index >= 15 is 0 Å². The fourth-order valence-electron chi connectivity index (χ4n) is 4.37. The van der Waals surface area contributed by atoms with Crippen LogP contribution in [0.15, 0.2) is 35.5 Å². The Morgan fingerprint density at radius 2 is 2.24 bits per heavy atom. The molecule has 4 heterocycles. The molecule has 2 aromatic heterocycles. The minimum atomic E-state index is -0.461. The third kappa shape index (κ3) is 4.01. The fraction of sp³-hybridized carbons (Fsp3) is 0.364. The maximum atomic E-state index is 14.6. The maximum Gasteiger partial charge on any atom is 0.244 e. The number of benzene rings is 1. The molecule has 2 aliphatic rings. The minimum Gasteiger partial charge on any atom is -0.495 e. The summed E-state index contributed by atoms with van der Waals surface area (Å²) >= 11 is 6.03. The van der Waals surface area contributed by atoms with Gasteiger partial charge in [-0.05, 0) is 25.1 Å². The second-order valence-corrected chi connectivity index (χ2v) is 8.54. The number of carbonyl (C=O) groups excluding carboxylic acids is 1. The summed E-state index contributed by atoms with van der Waals surface area (Å²) in [5, 5.41) is 5.61. The van der Waals surface area contributed by atoms with Crippen LogP contribution in [-0.2, 0) is 16.2 Å². The zero-order valence-corrected chi connectivity index (χ0v) is 19.4. The number of methoxy groups -OCH3 is 1. The van der Waals surface area contributed by atoms with E-state index in [4.69, 9.17) is 21.2 Å². The second kappa shape index (κ2) is 9.07. The number of halogens is 2. The van der Waals surface area contributed by atoms with E-state index in [0.717, 1.165) is 5.39 Å². The highest BCUT2D eigenvalue weighted by atomic mass is 35.5. The van der Waals surface area contributed by atoms with Crippen molar-refractivity contribution in [2.45, 2.75) is 25.7 Å². The largest absolute Gasteiger partial charge is 0.495 e. The zero-order chi connectivity index (χ0) is 23.8. The first kappa shape index (κ1) is 22.4. The number of hydroxylamine groups is 1. The predicted molar refractivity (Wildman–Crippen MR) is 124 cm³/mol. The summed E-state index contributed by atoms with van der Waals surface area (Å²) in [7, 11) is 1.49. The zero-order valence-electron chi connectivity index (χ0n) is 18.6. The SMILES string of the molecule is COc1cc(N2CCN(C(=O)Cn3nc(C4N=CON4)c4cccnc43)[C@@H](C)C2)c(F)cc1Cl. The predicted octanol–water partition coefficient (Wildman–Crippen LogP) is 2.53. The summed E-state index contributed by atoms with van der Waals surface area (Å²) in [6.07, 6.45) is 2.52. The number of piperazine rings is 1. The molecule has 178 valence electrons. The highest BCUT2D eigenvalue weighted by Crippen LogP contribution is 2.33. The smallest absolute Gasteiger partial charge is 0.244 e. The molecule has 1 N–H and O–H groups in total. The molecule has 0 bridgehead atoms. The number of hydrogen-bond acceptors (Lipinski definition) is 8. The number of nitrogens with one attached hydrogen (secondary N) is 1. The van der Waals surface area contributed by atoms with Gasteiger partial charge in [-0.2, -0.15) is 5.10 Å². The lowest BCUT2D eigenvalue weighted by Gasteiger charge is -2.41. The van der Waals surface area contributed by atoms with Crippen LogP contribution in [0.1, 0.15) is 18.8 Å². The number of hydrogen-bond donors (Lipinski definition) is 1. The summed E-state index contributed by atoms with van der Waals surface area (Å²) in [4.78, 5) is 30.5. The number of pyridine rings is 1. The number of amides is 1. The Kier molecular flexibility index (Phi) is 5.96. The van der Waals surface area contributed by atoms with Gasteiger partial charge < -0.3 is 19.4 Å². The van der Waals surface area contributed by atoms with Gasteiger partial charge in [-0.25, -0.2) is 19.0 Å². The van der Waals surface area contributed by atoms with Gasteiger partial charge in [0.15, 0.2) is 18.2 Å². The number of rotatable bonds is 5. The van der Waals surface area contributed by atoms with E-state index in [2.05, 4.69) is 20.6 Å². The van der Waals surface area contributed by atoms with Crippen LogP contribution < -0.4 is 15.1 Å². The standard InChI is InChI=1S/C22H23ClFN7O3/c1-13-10-29(17-9-18(33-2)15(23)8-16(17)24)6-7-30(13)19(32)11-31-22-14(4-3-5-25-22)20(27-31)21-26-12-34-28-21/h3-5,8-9,12-13,21,28H,6-7,10-11H2,1-2H3/t13-,21?/m0/s1. The van der Waals surface area contributed by atoms with Gasteiger partial charge in [0.25, 0.3) is 0 Å². The van der Waals surface area contributed by atoms with Crippen LogP contribution in [0.25, 0.3) is 11.0 Å². The molecule has 0 spiro atoms. The number of ether oxygens (including phenoxy) is 1. The topological polar surface area (TPSA) is 97.1 Å². The lowest BCUT2D eigenvalue weighted by molar-refractivity contribution is -0.134. The molecule has 0 aliphatic carbocycles. The van der Waals surface area contributed by atoms with Gasteiger partial charge in [0.2, 0.25) is 5.91 Å². The van der Waals surface area contributed by atoms with Crippen LogP contribution in [0.3, 0.4) is 0 Å². The van der Waals surface area contributed by atoms with Crippen molar-refractivity contribution in [1.82, 2.24) is 25.1 Å². The van der Waals surface area contributed by atoms with Crippen molar-refractivity contribution in [3.05, 3.63) is 47.0 Å². The molecular formula is C22H23ClFN7O3. The van der Waals surface area contributed by atoms with Crippen LogP contribution in [0, 0.1) is 5.82 Å². The van der Waals surface area contributed by atoms with Gasteiger partial charge in [-0.3, -0.25) is 4.79 Å². The first-order valence-corrected chi connectivity index (χ1v) is 11.2. The molecule has 10 nitrogen and oxygen atoms in total. The molecule has 2 aliphatic heterocycles. The lowest BCUT2D eigenvalue weighted by atomic mass is 10.1. The molecule has 34 heavy (non-hydrogen) atoms. The highest BCUT2D eigenvalue weighted by molar-refractivity contribution is 6.32. The molecule has 1 amide bonds. The van der Waals surface area contributed by atoms with E-state index in [1.54, 1.807) is 21.8 Å². The van der Waals surface area contributed by atoms with Crippen LogP contribution in [0.4, 0.5) is 10.1 Å². The van der Waals surface area contributed by atoms with Crippen molar-refractivity contribution in [2.24, 2.45) is 4.99 Å². The molecule has 5 rings (SSSR count). The first-order valence-electron chi connectivity index (χ1n) is 10.8. The fourth-order valence-corrected chi connectivity index (χ4v) is 4.60. The second-order valence-electron chi connectivity index (χ2n) is 8.13. The van der Waals surface area contributed by atoms with E-state index in [1.165, 1.54) is 19.6 Å². The molecule has 1 fully saturated rings. The van der Waals surface area contributed by atoms with Gasteiger partial charge in [0, 0.05) is 43.3 Å². The summed E-state index contributed by atoms with van der Waals surface area (Å²) in [5.41, 5.74) is 4.39. The van der Waals surface area contributed by atoms with E-state index < -0.39 is 12.0 Å². The summed E-state index contributed by atoms with van der Waals surface area (Å²) in [6.45, 7) is 3.34. The Hall–Kier alpha value is -3.44. The number of aromatic nitrogens is 3. The first-order chi connectivity index (χ1) is 16.5. The van der Waals surface area contributed by atoms with Crippen molar-refractivity contribution in [3.8, 4) is 5.75 Å². The maximum absolute atomic E-state index is 14.6. The molecule has 1 aromatic carbocycles. The molecule has 0 saturated carbocycles. The van der Waals surface area contributed by atoms with E-state index in [9.17, 15) is 9.18 Å². The molecule has 1 unspecified atom stereocenters. The van der Waals surface area contributed by atoms with Gasteiger partial charge in [-0.15, -0.1) is 5.48 Å². The molecule has 12 heteroatoms. The quantitative estimate of drug-likeness (QED) is 0.590. The molecule has 1 saturated heterocycles. The lowest BCUT2D eigenvalue weighted by Crippen LogP contribution is -2.55. The van der Waals surface area contributed by atoms with Gasteiger partial charge in [-0.1, -0.05) is 11.6 Å². The monoisotopic (exact) mass is 487 g/mol. The Bertz CT molecular complexity index is 1270. The molecular weight excluding hydrogens is 465 g/mol. The normalized spacial score (nSPS) is 20.1. The summed E-state index contributed by atoms with van der Waals surface area (Å²) in [6, 6.07) is 6.39. The number of anilines is 1. The van der Waals surface area contributed by atoms with E-state index in [0.29, 0.717) is 42.4 Å². The molecule has 3 aromatic rings. The summed E-state index contributed by atoms with van der Waals surface area (Å²) < 4.78 is 21.4. The van der Waals surface area contributed by atoms with E-state index in [-0.39, 0.29) is 23.5 Å². The summed E-state index contributed by atoms with van der Waals surface area (Å²) in [5.74, 6) is -0.113. The average Bonchev–Trinajstić information content (AvgIpc) is 3.48. The average molecular weight is 488 g/mol. The Labute approximate surface area is 199 Å². The third-order valence-electron chi connectivity index (χ3n) is 6.03. The van der Waals surface area contributed by atoms with Crippen molar-refractivity contribution < 1.29 is 18.8 Å². The van der Waals surface area contributed by atoms with E-state index in [1.807, 2.05) is 24.0 Å². The Morgan fingerprint density at radius 3 is 2.97 bits per heavy atom.